The zero-order chi connectivity index (χ0) is 14.7. The zero-order valence-corrected chi connectivity index (χ0v) is 12.9. The van der Waals surface area contributed by atoms with E-state index in [2.05, 4.69) is 58.2 Å². The second-order valence-corrected chi connectivity index (χ2v) is 6.25. The van der Waals surface area contributed by atoms with Gasteiger partial charge in [0, 0.05) is 6.54 Å². The van der Waals surface area contributed by atoms with Crippen LogP contribution in [0.25, 0.3) is 0 Å². The molecule has 1 saturated heterocycles. The number of nitrogens with one attached hydrogen (secondary N) is 1. The maximum Gasteiger partial charge on any atom is 0.141 e. The molecule has 0 radical (unpaired) electrons. The average Bonchev–Trinajstić information content (AvgIpc) is 3.02. The van der Waals surface area contributed by atoms with Crippen molar-refractivity contribution >= 4 is 0 Å². The van der Waals surface area contributed by atoms with E-state index >= 15 is 0 Å². The van der Waals surface area contributed by atoms with Gasteiger partial charge in [-0.05, 0) is 36.4 Å². The van der Waals surface area contributed by atoms with E-state index in [1.54, 1.807) is 6.33 Å². The quantitative estimate of drug-likeness (QED) is 0.932. The van der Waals surface area contributed by atoms with Gasteiger partial charge < -0.3 is 0 Å². The molecule has 2 heterocycles. The molecule has 1 atom stereocenters. The lowest BCUT2D eigenvalue weighted by Crippen LogP contribution is -2.33. The minimum Gasteiger partial charge on any atom is -0.289 e. The van der Waals surface area contributed by atoms with Gasteiger partial charge >= 0.3 is 0 Å². The van der Waals surface area contributed by atoms with Crippen molar-refractivity contribution in [2.24, 2.45) is 0 Å². The van der Waals surface area contributed by atoms with Crippen molar-refractivity contribution in [3.05, 3.63) is 47.5 Å². The monoisotopic (exact) mass is 284 g/mol. The van der Waals surface area contributed by atoms with Gasteiger partial charge in [-0.1, -0.05) is 44.5 Å². The highest BCUT2D eigenvalue weighted by molar-refractivity contribution is 5.24. The minimum absolute atomic E-state index is 0.381. The highest BCUT2D eigenvalue weighted by atomic mass is 15.3. The molecule has 1 N–H and O–H groups in total. The molecular formula is C17H24N4. The van der Waals surface area contributed by atoms with E-state index in [-0.39, 0.29) is 0 Å². The molecule has 2 aromatic rings. The van der Waals surface area contributed by atoms with Gasteiger partial charge in [-0.25, -0.2) is 4.98 Å². The van der Waals surface area contributed by atoms with Crippen LogP contribution in [0.2, 0.25) is 0 Å². The third-order valence-corrected chi connectivity index (χ3v) is 4.40. The molecule has 1 aromatic carbocycles. The fourth-order valence-electron chi connectivity index (χ4n) is 3.11. The Morgan fingerprint density at radius 3 is 2.71 bits per heavy atom. The molecule has 1 fully saturated rings. The Kier molecular flexibility index (Phi) is 4.34. The van der Waals surface area contributed by atoms with Crippen LogP contribution in [0.4, 0.5) is 0 Å². The van der Waals surface area contributed by atoms with Crippen LogP contribution in [-0.4, -0.2) is 26.6 Å². The number of rotatable bonds is 4. The van der Waals surface area contributed by atoms with E-state index in [0.29, 0.717) is 12.0 Å². The summed E-state index contributed by atoms with van der Waals surface area (Å²) in [6.45, 7) is 6.60. The minimum atomic E-state index is 0.381. The summed E-state index contributed by atoms with van der Waals surface area (Å²) in [5, 5.41) is 7.05. The van der Waals surface area contributed by atoms with E-state index < -0.39 is 0 Å². The summed E-state index contributed by atoms with van der Waals surface area (Å²) < 4.78 is 0. The molecular weight excluding hydrogens is 260 g/mol. The highest BCUT2D eigenvalue weighted by Gasteiger charge is 2.25. The molecule has 4 nitrogen and oxygen atoms in total. The lowest BCUT2D eigenvalue weighted by molar-refractivity contribution is 0.134. The molecule has 1 aromatic heterocycles. The molecule has 1 aliphatic rings. The number of piperidine rings is 1. The number of aromatic amines is 1. The molecule has 1 unspecified atom stereocenters. The Balaban J connectivity index is 1.72. The standard InChI is InChI=1S/C17H24N4/c1-13(2)15-8-6-14(7-9-15)11-21-10-4-3-5-16(21)17-18-12-19-20-17/h6-9,12-13,16H,3-5,10-11H2,1-2H3,(H,18,19,20). The van der Waals surface area contributed by atoms with Crippen molar-refractivity contribution in [2.45, 2.75) is 51.6 Å². The molecule has 4 heteroatoms. The summed E-state index contributed by atoms with van der Waals surface area (Å²) in [6, 6.07) is 9.43. The first-order chi connectivity index (χ1) is 10.2. The van der Waals surface area contributed by atoms with Crippen LogP contribution < -0.4 is 0 Å². The van der Waals surface area contributed by atoms with Gasteiger partial charge in [-0.2, -0.15) is 5.10 Å². The van der Waals surface area contributed by atoms with Crippen LogP contribution in [-0.2, 0) is 6.54 Å². The lowest BCUT2D eigenvalue weighted by Gasteiger charge is -2.34. The molecule has 3 rings (SSSR count). The molecule has 112 valence electrons. The van der Waals surface area contributed by atoms with Crippen LogP contribution >= 0.6 is 0 Å². The predicted molar refractivity (Wildman–Crippen MR) is 83.9 cm³/mol. The first-order valence-electron chi connectivity index (χ1n) is 7.92. The maximum absolute atomic E-state index is 4.36. The summed E-state index contributed by atoms with van der Waals surface area (Å²) in [4.78, 5) is 6.88. The van der Waals surface area contributed by atoms with Crippen molar-refractivity contribution in [1.82, 2.24) is 20.1 Å². The zero-order valence-electron chi connectivity index (χ0n) is 12.9. The largest absolute Gasteiger partial charge is 0.289 e. The topological polar surface area (TPSA) is 44.8 Å². The highest BCUT2D eigenvalue weighted by Crippen LogP contribution is 2.30. The van der Waals surface area contributed by atoms with Crippen LogP contribution in [0.15, 0.2) is 30.6 Å². The van der Waals surface area contributed by atoms with Crippen molar-refractivity contribution in [2.75, 3.05) is 6.54 Å². The molecule has 21 heavy (non-hydrogen) atoms. The van der Waals surface area contributed by atoms with Crippen LogP contribution in [0, 0.1) is 0 Å². The van der Waals surface area contributed by atoms with Crippen LogP contribution in [0.5, 0.6) is 0 Å². The first-order valence-corrected chi connectivity index (χ1v) is 7.92. The third kappa shape index (κ3) is 3.32. The summed E-state index contributed by atoms with van der Waals surface area (Å²) in [5.74, 6) is 1.60. The Morgan fingerprint density at radius 1 is 1.24 bits per heavy atom. The van der Waals surface area contributed by atoms with E-state index in [0.717, 1.165) is 18.9 Å². The van der Waals surface area contributed by atoms with E-state index in [1.807, 2.05) is 0 Å². The smallest absolute Gasteiger partial charge is 0.141 e. The second kappa shape index (κ2) is 6.39. The molecule has 0 saturated carbocycles. The first kappa shape index (κ1) is 14.3. The molecule has 0 aliphatic carbocycles. The van der Waals surface area contributed by atoms with E-state index in [4.69, 9.17) is 0 Å². The van der Waals surface area contributed by atoms with Crippen LogP contribution in [0.1, 0.15) is 62.0 Å². The fourth-order valence-corrected chi connectivity index (χ4v) is 3.11. The summed E-state index contributed by atoms with van der Waals surface area (Å²) >= 11 is 0. The van der Waals surface area contributed by atoms with E-state index in [9.17, 15) is 0 Å². The number of likely N-dealkylation sites (tertiary alicyclic amines) is 1. The molecule has 1 aliphatic heterocycles. The lowest BCUT2D eigenvalue weighted by atomic mass is 9.99. The van der Waals surface area contributed by atoms with Gasteiger partial charge in [0.05, 0.1) is 6.04 Å². The van der Waals surface area contributed by atoms with Crippen molar-refractivity contribution < 1.29 is 0 Å². The van der Waals surface area contributed by atoms with Gasteiger partial charge in [0.25, 0.3) is 0 Å². The Labute approximate surface area is 126 Å². The number of hydrogen-bond acceptors (Lipinski definition) is 3. The number of aromatic nitrogens is 3. The Morgan fingerprint density at radius 2 is 2.05 bits per heavy atom. The number of nitrogens with zero attached hydrogens (tertiary/aromatic N) is 3. The van der Waals surface area contributed by atoms with Gasteiger partial charge in [0.1, 0.15) is 12.2 Å². The van der Waals surface area contributed by atoms with Crippen molar-refractivity contribution in [1.29, 1.82) is 0 Å². The number of benzene rings is 1. The molecule has 0 amide bonds. The van der Waals surface area contributed by atoms with Crippen LogP contribution in [0.3, 0.4) is 0 Å². The third-order valence-electron chi connectivity index (χ3n) is 4.40. The van der Waals surface area contributed by atoms with E-state index in [1.165, 1.54) is 30.4 Å². The van der Waals surface area contributed by atoms with Crippen molar-refractivity contribution in [3.63, 3.8) is 0 Å². The SMILES string of the molecule is CC(C)c1ccc(CN2CCCCC2c2ncn[nH]2)cc1. The molecule has 0 spiro atoms. The molecule has 0 bridgehead atoms. The van der Waals surface area contributed by atoms with Gasteiger partial charge in [-0.3, -0.25) is 10.00 Å². The Hall–Kier alpha value is -1.68. The number of hydrogen-bond donors (Lipinski definition) is 1. The Bertz CT molecular complexity index is 545. The summed E-state index contributed by atoms with van der Waals surface area (Å²) in [5.41, 5.74) is 2.79. The van der Waals surface area contributed by atoms with Crippen molar-refractivity contribution in [3.8, 4) is 0 Å². The normalized spacial score (nSPS) is 20.0. The van der Waals surface area contributed by atoms with Gasteiger partial charge in [-0.15, -0.1) is 0 Å². The number of H-pyrrole nitrogens is 1. The summed E-state index contributed by atoms with van der Waals surface area (Å²) in [6.07, 6.45) is 5.32. The maximum atomic E-state index is 4.36. The van der Waals surface area contributed by atoms with Gasteiger partial charge in [0.2, 0.25) is 0 Å². The average molecular weight is 284 g/mol. The second-order valence-electron chi connectivity index (χ2n) is 6.25. The fraction of sp³-hybridized carbons (Fsp3) is 0.529. The van der Waals surface area contributed by atoms with Gasteiger partial charge in [0.15, 0.2) is 0 Å². The predicted octanol–water partition coefficient (Wildman–Crippen LogP) is 3.66. The summed E-state index contributed by atoms with van der Waals surface area (Å²) in [7, 11) is 0.